The van der Waals surface area contributed by atoms with Gasteiger partial charge in [0.1, 0.15) is 35.3 Å². The molecule has 3 N–H and O–H groups in total. The van der Waals surface area contributed by atoms with Gasteiger partial charge in [-0.15, -0.1) is 0 Å². The average Bonchev–Trinajstić information content (AvgIpc) is 3.63. The molecule has 15 nitrogen and oxygen atoms in total. The molecule has 3 atom stereocenters. The zero-order chi connectivity index (χ0) is 35.3. The predicted octanol–water partition coefficient (Wildman–Crippen LogP) is 2.53. The standard InChI is InChI=1S/C34H41N7O8/c1-20-16-22(42)19-41(20)33(46)30(34(2,3)4)38-28(43)12-13-47-14-15-48-23-7-8-24(35-18-23)31(45)36-21-6-10-27-26(17-21)37-32(49-27)25-9-11-29(44)40(5)39-25/h6-11,17-18,20,22,30,42H,12-16,19H2,1-5H3,(H,36,45)(H,38,43)/t20-,22-,30-/m1/s1. The second-order valence-electron chi connectivity index (χ2n) is 13.0. The summed E-state index contributed by atoms with van der Waals surface area (Å²) in [6.07, 6.45) is 1.47. The highest BCUT2D eigenvalue weighted by Crippen LogP contribution is 2.27. The fourth-order valence-corrected chi connectivity index (χ4v) is 5.37. The Labute approximate surface area is 282 Å². The lowest BCUT2D eigenvalue weighted by molar-refractivity contribution is -0.140. The molecular formula is C34H41N7O8. The number of hydrogen-bond acceptors (Lipinski definition) is 11. The summed E-state index contributed by atoms with van der Waals surface area (Å²) in [6, 6.07) is 10.3. The first-order chi connectivity index (χ1) is 23.3. The summed E-state index contributed by atoms with van der Waals surface area (Å²) in [5.74, 6) is -0.247. The molecule has 4 heterocycles. The third-order valence-corrected chi connectivity index (χ3v) is 8.02. The number of aliphatic hydroxyl groups is 1. The lowest BCUT2D eigenvalue weighted by Gasteiger charge is -2.35. The highest BCUT2D eigenvalue weighted by Gasteiger charge is 2.40. The van der Waals surface area contributed by atoms with Crippen molar-refractivity contribution in [3.05, 3.63) is 64.7 Å². The number of nitrogens with one attached hydrogen (secondary N) is 2. The monoisotopic (exact) mass is 675 g/mol. The fraction of sp³-hybridized carbons (Fsp3) is 0.441. The van der Waals surface area contributed by atoms with Crippen molar-refractivity contribution >= 4 is 34.5 Å². The number of nitrogens with zero attached hydrogens (tertiary/aromatic N) is 5. The number of aliphatic hydroxyl groups excluding tert-OH is 1. The van der Waals surface area contributed by atoms with Crippen molar-refractivity contribution in [2.75, 3.05) is 31.7 Å². The summed E-state index contributed by atoms with van der Waals surface area (Å²) in [4.78, 5) is 60.5. The Hall–Kier alpha value is -5.15. The number of aromatic nitrogens is 4. The minimum absolute atomic E-state index is 0.0700. The number of likely N-dealkylation sites (tertiary alicyclic amines) is 1. The topological polar surface area (TPSA) is 191 Å². The van der Waals surface area contributed by atoms with E-state index in [0.717, 1.165) is 0 Å². The molecule has 49 heavy (non-hydrogen) atoms. The third-order valence-electron chi connectivity index (χ3n) is 8.02. The lowest BCUT2D eigenvalue weighted by atomic mass is 9.85. The van der Waals surface area contributed by atoms with E-state index in [1.54, 1.807) is 29.2 Å². The summed E-state index contributed by atoms with van der Waals surface area (Å²) in [5.41, 5.74) is 1.29. The van der Waals surface area contributed by atoms with Gasteiger partial charge in [0, 0.05) is 37.8 Å². The van der Waals surface area contributed by atoms with Gasteiger partial charge in [-0.1, -0.05) is 20.8 Å². The number of hydrogen-bond donors (Lipinski definition) is 3. The molecule has 3 aromatic heterocycles. The van der Waals surface area contributed by atoms with Gasteiger partial charge in [-0.05, 0) is 55.2 Å². The number of β-amino-alcohol motifs (C(OH)–C–C–N with tert-alkyl or cyclic N) is 1. The van der Waals surface area contributed by atoms with E-state index < -0.39 is 23.5 Å². The van der Waals surface area contributed by atoms with Gasteiger partial charge in [0.25, 0.3) is 11.5 Å². The molecule has 5 rings (SSSR count). The number of carbonyl (C=O) groups excluding carboxylic acids is 3. The number of anilines is 1. The van der Waals surface area contributed by atoms with E-state index in [2.05, 4.69) is 25.7 Å². The predicted molar refractivity (Wildman–Crippen MR) is 179 cm³/mol. The van der Waals surface area contributed by atoms with Crippen LogP contribution in [0, 0.1) is 5.41 Å². The van der Waals surface area contributed by atoms with Crippen LogP contribution in [0.5, 0.6) is 5.75 Å². The van der Waals surface area contributed by atoms with Crippen LogP contribution in [0.25, 0.3) is 22.7 Å². The number of rotatable bonds is 12. The van der Waals surface area contributed by atoms with E-state index in [4.69, 9.17) is 13.9 Å². The van der Waals surface area contributed by atoms with Crippen molar-refractivity contribution in [2.24, 2.45) is 12.5 Å². The molecule has 15 heteroatoms. The molecule has 1 aliphatic rings. The van der Waals surface area contributed by atoms with Crippen molar-refractivity contribution < 1.29 is 33.4 Å². The first kappa shape index (κ1) is 35.2. The van der Waals surface area contributed by atoms with Crippen LogP contribution in [0.4, 0.5) is 5.69 Å². The van der Waals surface area contributed by atoms with E-state index in [9.17, 15) is 24.3 Å². The van der Waals surface area contributed by atoms with Crippen LogP contribution < -0.4 is 20.9 Å². The SMILES string of the molecule is C[C@@H]1C[C@@H](O)CN1C(=O)[C@@H](NC(=O)CCOCCOc1ccc(C(=O)Nc2ccc3oc(-c4ccc(=O)n(C)n4)nc3c2)nc1)C(C)(C)C. The van der Waals surface area contributed by atoms with Crippen molar-refractivity contribution in [2.45, 2.75) is 58.7 Å². The van der Waals surface area contributed by atoms with E-state index >= 15 is 0 Å². The zero-order valence-corrected chi connectivity index (χ0v) is 28.1. The zero-order valence-electron chi connectivity index (χ0n) is 28.1. The van der Waals surface area contributed by atoms with Gasteiger partial charge in [0.2, 0.25) is 17.7 Å². The van der Waals surface area contributed by atoms with Crippen molar-refractivity contribution in [3.8, 4) is 17.3 Å². The van der Waals surface area contributed by atoms with Crippen LogP contribution in [-0.2, 0) is 21.4 Å². The minimum Gasteiger partial charge on any atom is -0.490 e. The molecule has 3 amide bonds. The Kier molecular flexibility index (Phi) is 10.7. The number of fused-ring (bicyclic) bond motifs is 1. The van der Waals surface area contributed by atoms with Gasteiger partial charge in [0.15, 0.2) is 5.58 Å². The van der Waals surface area contributed by atoms with E-state index in [1.165, 1.54) is 36.1 Å². The lowest BCUT2D eigenvalue weighted by Crippen LogP contribution is -2.55. The molecule has 1 aromatic carbocycles. The molecule has 0 saturated carbocycles. The van der Waals surface area contributed by atoms with Crippen LogP contribution in [0.1, 0.15) is 51.0 Å². The number of ether oxygens (including phenoxy) is 2. The molecule has 1 aliphatic heterocycles. The van der Waals surface area contributed by atoms with Crippen molar-refractivity contribution in [1.29, 1.82) is 0 Å². The highest BCUT2D eigenvalue weighted by atomic mass is 16.5. The average molecular weight is 676 g/mol. The molecule has 0 unspecified atom stereocenters. The summed E-state index contributed by atoms with van der Waals surface area (Å²) in [5, 5.41) is 19.7. The maximum Gasteiger partial charge on any atom is 0.274 e. The molecule has 260 valence electrons. The number of aryl methyl sites for hydroxylation is 1. The Morgan fingerprint density at radius 3 is 2.57 bits per heavy atom. The highest BCUT2D eigenvalue weighted by molar-refractivity contribution is 6.03. The quantitative estimate of drug-likeness (QED) is 0.187. The van der Waals surface area contributed by atoms with Crippen molar-refractivity contribution in [1.82, 2.24) is 30.0 Å². The number of pyridine rings is 1. The summed E-state index contributed by atoms with van der Waals surface area (Å²) >= 11 is 0. The van der Waals surface area contributed by atoms with Crippen LogP contribution in [0.2, 0.25) is 0 Å². The fourth-order valence-electron chi connectivity index (χ4n) is 5.37. The van der Waals surface area contributed by atoms with Crippen LogP contribution in [0.15, 0.2) is 57.9 Å². The van der Waals surface area contributed by atoms with Crippen LogP contribution in [-0.4, -0.2) is 92.0 Å². The largest absolute Gasteiger partial charge is 0.490 e. The van der Waals surface area contributed by atoms with Gasteiger partial charge >= 0.3 is 0 Å². The molecule has 0 spiro atoms. The van der Waals surface area contributed by atoms with Gasteiger partial charge in [-0.2, -0.15) is 5.10 Å². The maximum absolute atomic E-state index is 13.2. The molecule has 1 fully saturated rings. The Bertz CT molecular complexity index is 1860. The van der Waals surface area contributed by atoms with Crippen LogP contribution in [0.3, 0.4) is 0 Å². The summed E-state index contributed by atoms with van der Waals surface area (Å²) < 4.78 is 18.1. The molecule has 0 radical (unpaired) electrons. The van der Waals surface area contributed by atoms with Gasteiger partial charge in [0.05, 0.1) is 25.5 Å². The van der Waals surface area contributed by atoms with Crippen LogP contribution >= 0.6 is 0 Å². The third kappa shape index (κ3) is 8.86. The number of oxazole rings is 1. The minimum atomic E-state index is -0.726. The Morgan fingerprint density at radius 1 is 1.10 bits per heavy atom. The van der Waals surface area contributed by atoms with Crippen molar-refractivity contribution in [3.63, 3.8) is 0 Å². The first-order valence-electron chi connectivity index (χ1n) is 16.0. The van der Waals surface area contributed by atoms with E-state index in [0.29, 0.717) is 34.7 Å². The molecule has 0 aliphatic carbocycles. The second kappa shape index (κ2) is 15.0. The normalized spacial score (nSPS) is 16.8. The Morgan fingerprint density at radius 2 is 1.90 bits per heavy atom. The number of amides is 3. The van der Waals surface area contributed by atoms with Gasteiger partial charge in [-0.25, -0.2) is 14.6 Å². The molecule has 4 aromatic rings. The second-order valence-corrected chi connectivity index (χ2v) is 13.0. The molecular weight excluding hydrogens is 634 g/mol. The van der Waals surface area contributed by atoms with Gasteiger partial charge in [-0.3, -0.25) is 19.2 Å². The first-order valence-corrected chi connectivity index (χ1v) is 16.0. The Balaban J connectivity index is 1.04. The smallest absolute Gasteiger partial charge is 0.274 e. The summed E-state index contributed by atoms with van der Waals surface area (Å²) in [6.45, 7) is 8.38. The molecule has 1 saturated heterocycles. The summed E-state index contributed by atoms with van der Waals surface area (Å²) in [7, 11) is 1.54. The molecule has 0 bridgehead atoms. The van der Waals surface area contributed by atoms with E-state index in [-0.39, 0.29) is 67.8 Å². The number of carbonyl (C=O) groups is 3. The van der Waals surface area contributed by atoms with E-state index in [1.807, 2.05) is 27.7 Å². The maximum atomic E-state index is 13.2. The number of benzene rings is 1. The van der Waals surface area contributed by atoms with Gasteiger partial charge < -0.3 is 34.5 Å².